The largest absolute Gasteiger partial charge is 0.386 e. The Labute approximate surface area is 256 Å². The molecule has 10 unspecified atom stereocenters. The van der Waals surface area contributed by atoms with Crippen LogP contribution in [0.4, 0.5) is 20.4 Å². The first-order valence-electron chi connectivity index (χ1n) is 13.0. The zero-order chi connectivity index (χ0) is 31.0. The van der Waals surface area contributed by atoms with Gasteiger partial charge in [-0.05, 0) is 6.42 Å². The standard InChI is InChI=1S/C21H24F2N10O7P2S2/c22-11-9(32-6-30-13-17(24)26-4-28-19(13)32)1-8-2-36-41(34,43)40-16-10(3-37-42(35,44)39-15(8)11)38-21(12(16)23)33-7-31-14-18(25)27-5-29-20(14)33/h4-12,15-16,21H,1-3H2,(H,34,43)(H,35,44)(H2,24,26,28)(H2,25,27,29). The van der Waals surface area contributed by atoms with Gasteiger partial charge >= 0.3 is 13.6 Å². The molecule has 6 heterocycles. The summed E-state index contributed by atoms with van der Waals surface area (Å²) < 4.78 is 89.5. The van der Waals surface area contributed by atoms with E-state index < -0.39 is 75.7 Å². The Morgan fingerprint density at radius 2 is 1.36 bits per heavy atom. The van der Waals surface area contributed by atoms with Gasteiger partial charge < -0.3 is 25.3 Å². The van der Waals surface area contributed by atoms with Crippen LogP contribution in [0.5, 0.6) is 0 Å². The van der Waals surface area contributed by atoms with Crippen LogP contribution >= 0.6 is 38.1 Å². The van der Waals surface area contributed by atoms with Crippen LogP contribution in [0.2, 0.25) is 0 Å². The smallest absolute Gasteiger partial charge is 0.382 e. The van der Waals surface area contributed by atoms with E-state index in [1.165, 1.54) is 34.4 Å². The van der Waals surface area contributed by atoms with Crippen LogP contribution in [0.25, 0.3) is 22.3 Å². The van der Waals surface area contributed by atoms with Crippen molar-refractivity contribution < 1.29 is 40.7 Å². The topological polar surface area (TPSA) is 220 Å². The quantitative estimate of drug-likeness (QED) is 0.175. The molecule has 2 saturated heterocycles. The van der Waals surface area contributed by atoms with Crippen LogP contribution in [0.3, 0.4) is 0 Å². The highest BCUT2D eigenvalue weighted by atomic mass is 32.7. The molecule has 0 spiro atoms. The molecule has 1 saturated carbocycles. The van der Waals surface area contributed by atoms with E-state index in [-0.39, 0.29) is 40.4 Å². The lowest BCUT2D eigenvalue weighted by atomic mass is 10.1. The molecule has 4 aromatic heterocycles. The van der Waals surface area contributed by atoms with Crippen LogP contribution in [-0.4, -0.2) is 82.9 Å². The molecule has 0 aromatic carbocycles. The molecule has 10 atom stereocenters. The molecule has 1 aliphatic carbocycles. The maximum absolute atomic E-state index is 16.1. The summed E-state index contributed by atoms with van der Waals surface area (Å²) in [6.07, 6.45) is -4.51. The van der Waals surface area contributed by atoms with Crippen molar-refractivity contribution in [3.05, 3.63) is 25.3 Å². The fourth-order valence-electron chi connectivity index (χ4n) is 5.70. The molecule has 3 aliphatic rings. The highest BCUT2D eigenvalue weighted by Crippen LogP contribution is 2.61. The van der Waals surface area contributed by atoms with E-state index in [0.717, 1.165) is 0 Å². The van der Waals surface area contributed by atoms with Crippen LogP contribution < -0.4 is 11.5 Å². The van der Waals surface area contributed by atoms with Crippen molar-refractivity contribution in [2.75, 3.05) is 24.7 Å². The lowest BCUT2D eigenvalue weighted by Crippen LogP contribution is -2.35. The minimum absolute atomic E-state index is 0.0322. The number of fused-ring (bicyclic) bond motifs is 4. The summed E-state index contributed by atoms with van der Waals surface area (Å²) >= 11 is 8.10. The lowest BCUT2D eigenvalue weighted by molar-refractivity contribution is -0.0451. The summed E-state index contributed by atoms with van der Waals surface area (Å²) in [5.74, 6) is -0.687. The number of nitrogens with two attached hydrogens (primary N) is 2. The van der Waals surface area contributed by atoms with Gasteiger partial charge in [0, 0.05) is 5.92 Å². The van der Waals surface area contributed by atoms with Crippen LogP contribution in [0.15, 0.2) is 25.3 Å². The first-order chi connectivity index (χ1) is 20.9. The van der Waals surface area contributed by atoms with Gasteiger partial charge in [-0.2, -0.15) is 0 Å². The van der Waals surface area contributed by atoms with Crippen molar-refractivity contribution in [2.45, 2.75) is 49.3 Å². The van der Waals surface area contributed by atoms with E-state index in [2.05, 4.69) is 54.4 Å². The highest BCUT2D eigenvalue weighted by Gasteiger charge is 2.53. The number of nitrogens with zero attached hydrogens (tertiary/aromatic N) is 8. The van der Waals surface area contributed by atoms with Crippen molar-refractivity contribution in [1.29, 1.82) is 0 Å². The molecule has 3 fully saturated rings. The van der Waals surface area contributed by atoms with Crippen molar-refractivity contribution in [3.63, 3.8) is 0 Å². The fraction of sp³-hybridized carbons (Fsp3) is 0.524. The van der Waals surface area contributed by atoms with Crippen molar-refractivity contribution in [2.24, 2.45) is 5.92 Å². The summed E-state index contributed by atoms with van der Waals surface area (Å²) in [6, 6.07) is -0.937. The first-order valence-corrected chi connectivity index (χ1v) is 18.4. The Balaban J connectivity index is 1.17. The molecule has 44 heavy (non-hydrogen) atoms. The third-order valence-electron chi connectivity index (χ3n) is 7.73. The monoisotopic (exact) mass is 692 g/mol. The van der Waals surface area contributed by atoms with Gasteiger partial charge in [0.25, 0.3) is 0 Å². The molecule has 0 bridgehead atoms. The van der Waals surface area contributed by atoms with Gasteiger partial charge in [-0.25, -0.2) is 47.8 Å². The summed E-state index contributed by atoms with van der Waals surface area (Å²) in [5, 5.41) is 0. The SMILES string of the molecule is Nc1ncnc2c1ncn2C1CC2COP(=O)(S)OC3C(COP(=O)(S)OC2C1F)OC(n1cnc2c(N)ncnc21)C3F. The number of rotatable bonds is 2. The van der Waals surface area contributed by atoms with E-state index in [1.807, 2.05) is 0 Å². The van der Waals surface area contributed by atoms with Gasteiger partial charge in [0.1, 0.15) is 48.2 Å². The Morgan fingerprint density at radius 3 is 2.02 bits per heavy atom. The molecule has 7 rings (SSSR count). The normalized spacial score (nSPS) is 38.3. The van der Waals surface area contributed by atoms with E-state index in [4.69, 9.17) is 34.3 Å². The Hall–Kier alpha value is -2.48. The van der Waals surface area contributed by atoms with Crippen molar-refractivity contribution in [1.82, 2.24) is 39.0 Å². The van der Waals surface area contributed by atoms with Gasteiger partial charge in [0.15, 0.2) is 35.3 Å². The number of imidazole rings is 2. The van der Waals surface area contributed by atoms with Crippen molar-refractivity contribution in [3.8, 4) is 0 Å². The summed E-state index contributed by atoms with van der Waals surface area (Å²) in [7, 11) is 0. The minimum atomic E-state index is -4.31. The first kappa shape index (κ1) is 30.2. The molecule has 2 aliphatic heterocycles. The van der Waals surface area contributed by atoms with Gasteiger partial charge in [0.2, 0.25) is 0 Å². The maximum Gasteiger partial charge on any atom is 0.386 e. The number of alkyl halides is 2. The number of thiol groups is 2. The molecular weight excluding hydrogens is 668 g/mol. The second-order valence-electron chi connectivity index (χ2n) is 10.4. The average Bonchev–Trinajstić information content (AvgIpc) is 3.73. The predicted octanol–water partition coefficient (Wildman–Crippen LogP) is 2.86. The Morgan fingerprint density at radius 1 is 0.795 bits per heavy atom. The van der Waals surface area contributed by atoms with Gasteiger partial charge in [0.05, 0.1) is 31.9 Å². The van der Waals surface area contributed by atoms with Gasteiger partial charge in [-0.1, -0.05) is 24.5 Å². The van der Waals surface area contributed by atoms with E-state index in [9.17, 15) is 9.13 Å². The summed E-state index contributed by atoms with van der Waals surface area (Å²) in [4.78, 5) is 24.3. The van der Waals surface area contributed by atoms with E-state index >= 15 is 8.78 Å². The Kier molecular flexibility index (Phi) is 7.61. The second kappa shape index (κ2) is 11.1. The molecule has 0 amide bonds. The number of ether oxygens (including phenoxy) is 1. The summed E-state index contributed by atoms with van der Waals surface area (Å²) in [6.45, 7) is -9.65. The van der Waals surface area contributed by atoms with Crippen molar-refractivity contribution >= 4 is 72.1 Å². The number of hydrogen-bond acceptors (Lipinski definition) is 15. The predicted molar refractivity (Wildman–Crippen MR) is 155 cm³/mol. The third-order valence-corrected chi connectivity index (χ3v) is 11.0. The number of hydrogen-bond donors (Lipinski definition) is 4. The zero-order valence-corrected chi connectivity index (χ0v) is 25.8. The number of anilines is 2. The number of halogens is 2. The van der Waals surface area contributed by atoms with E-state index in [1.54, 1.807) is 0 Å². The zero-order valence-electron chi connectivity index (χ0n) is 22.2. The number of aromatic nitrogens is 8. The van der Waals surface area contributed by atoms with E-state index in [0.29, 0.717) is 0 Å². The molecule has 236 valence electrons. The Bertz CT molecular complexity index is 1710. The molecule has 23 heteroatoms. The molecule has 4 aromatic rings. The molecule has 0 radical (unpaired) electrons. The van der Waals surface area contributed by atoms with Gasteiger partial charge in [-0.15, -0.1) is 0 Å². The highest BCUT2D eigenvalue weighted by molar-refractivity contribution is 8.44. The van der Waals surface area contributed by atoms with Crippen LogP contribution in [-0.2, 0) is 32.0 Å². The number of nitrogen functional groups attached to an aromatic ring is 2. The van der Waals surface area contributed by atoms with Crippen LogP contribution in [0.1, 0.15) is 18.7 Å². The average molecular weight is 693 g/mol. The third kappa shape index (κ3) is 5.27. The summed E-state index contributed by atoms with van der Waals surface area (Å²) in [5.41, 5.74) is 12.6. The lowest BCUT2D eigenvalue weighted by Gasteiger charge is -2.29. The molecule has 17 nitrogen and oxygen atoms in total. The minimum Gasteiger partial charge on any atom is -0.382 e. The van der Waals surface area contributed by atoms with Crippen LogP contribution in [0, 0.1) is 5.92 Å². The fourth-order valence-corrected chi connectivity index (χ4v) is 8.75. The maximum atomic E-state index is 16.1. The van der Waals surface area contributed by atoms with Gasteiger partial charge in [-0.3, -0.25) is 18.1 Å². The molecule has 4 N–H and O–H groups in total. The second-order valence-corrected chi connectivity index (χ2v) is 16.1. The molecular formula is C21H24F2N10O7P2S2.